The number of nitrogens with zero attached hydrogens (tertiary/aromatic N) is 2. The lowest BCUT2D eigenvalue weighted by molar-refractivity contribution is -0.161. The molecule has 0 radical (unpaired) electrons. The van der Waals surface area contributed by atoms with Gasteiger partial charge >= 0.3 is 6.09 Å². The Morgan fingerprint density at radius 1 is 1.14 bits per heavy atom. The van der Waals surface area contributed by atoms with Crippen molar-refractivity contribution in [3.8, 4) is 0 Å². The molecule has 9 heteroatoms. The van der Waals surface area contributed by atoms with Crippen LogP contribution in [0.3, 0.4) is 0 Å². The van der Waals surface area contributed by atoms with E-state index in [1.54, 1.807) is 11.3 Å². The normalized spacial score (nSPS) is 19.6. The van der Waals surface area contributed by atoms with E-state index in [0.29, 0.717) is 38.8 Å². The van der Waals surface area contributed by atoms with Crippen molar-refractivity contribution >= 4 is 29.2 Å². The number of piperidine rings is 1. The fraction of sp³-hybridized carbons (Fsp3) is 0.536. The Labute approximate surface area is 223 Å². The summed E-state index contributed by atoms with van der Waals surface area (Å²) >= 11 is 1.75. The maximum Gasteiger partial charge on any atom is 0.407 e. The number of unbranched alkanes of at least 4 members (excludes halogenated alkanes) is 1. The molecule has 0 unspecified atom stereocenters. The van der Waals surface area contributed by atoms with Gasteiger partial charge in [0.25, 0.3) is 0 Å². The van der Waals surface area contributed by atoms with Crippen molar-refractivity contribution in [3.05, 3.63) is 58.3 Å². The molecule has 1 spiro atoms. The molecule has 2 aliphatic heterocycles. The van der Waals surface area contributed by atoms with E-state index < -0.39 is 17.7 Å². The summed E-state index contributed by atoms with van der Waals surface area (Å²) in [5.41, 5.74) is 0.200. The number of thiophene rings is 1. The number of amides is 3. The lowest BCUT2D eigenvalue weighted by atomic mass is 9.81. The summed E-state index contributed by atoms with van der Waals surface area (Å²) in [5.74, 6) is 0.0207. The first-order chi connectivity index (χ1) is 18.0. The summed E-state index contributed by atoms with van der Waals surface area (Å²) < 4.78 is 5.23. The number of hydrogen-bond donors (Lipinski definition) is 2. The third-order valence-electron chi connectivity index (χ3n) is 7.30. The second-order valence-electron chi connectivity index (χ2n) is 9.89. The molecule has 2 saturated heterocycles. The van der Waals surface area contributed by atoms with Crippen molar-refractivity contribution in [2.24, 2.45) is 0 Å². The highest BCUT2D eigenvalue weighted by molar-refractivity contribution is 7.09. The predicted molar refractivity (Wildman–Crippen MR) is 144 cm³/mol. The van der Waals surface area contributed by atoms with E-state index in [9.17, 15) is 14.4 Å². The number of alkyl carbamates (subject to hydrolysis) is 1. The quantitative estimate of drug-likeness (QED) is 0.433. The molecule has 2 N–H and O–H groups in total. The van der Waals surface area contributed by atoms with Gasteiger partial charge in [0.15, 0.2) is 0 Å². The minimum absolute atomic E-state index is 0.0102. The van der Waals surface area contributed by atoms with E-state index in [1.165, 1.54) is 4.88 Å². The highest BCUT2D eigenvalue weighted by atomic mass is 32.1. The molecule has 1 atom stereocenters. The van der Waals surface area contributed by atoms with Gasteiger partial charge in [-0.2, -0.15) is 0 Å². The SMILES string of the molecule is CCCN1C(=O)[C@H](CCCCNC(=O)OCc2ccccc2)NC(=O)C12CCN(Cc1cccs1)CC2. The van der Waals surface area contributed by atoms with E-state index in [0.717, 1.165) is 38.0 Å². The van der Waals surface area contributed by atoms with Gasteiger partial charge in [-0.15, -0.1) is 11.3 Å². The van der Waals surface area contributed by atoms with Gasteiger partial charge in [0, 0.05) is 37.6 Å². The maximum atomic E-state index is 13.5. The molecular formula is C28H38N4O4S. The van der Waals surface area contributed by atoms with Gasteiger partial charge in [0.05, 0.1) is 0 Å². The molecule has 37 heavy (non-hydrogen) atoms. The predicted octanol–water partition coefficient (Wildman–Crippen LogP) is 3.92. The first-order valence-electron chi connectivity index (χ1n) is 13.3. The molecule has 3 heterocycles. The summed E-state index contributed by atoms with van der Waals surface area (Å²) in [6, 6.07) is 13.2. The van der Waals surface area contributed by atoms with Crippen LogP contribution in [0.2, 0.25) is 0 Å². The van der Waals surface area contributed by atoms with Gasteiger partial charge < -0.3 is 20.3 Å². The minimum atomic E-state index is -0.736. The van der Waals surface area contributed by atoms with Crippen LogP contribution in [-0.4, -0.2) is 65.5 Å². The van der Waals surface area contributed by atoms with E-state index in [4.69, 9.17) is 4.74 Å². The molecule has 4 rings (SSSR count). The Kier molecular flexibility index (Phi) is 9.57. The third kappa shape index (κ3) is 6.90. The zero-order valence-corrected chi connectivity index (χ0v) is 22.4. The van der Waals surface area contributed by atoms with E-state index in [2.05, 4.69) is 40.0 Å². The molecule has 8 nitrogen and oxygen atoms in total. The summed E-state index contributed by atoms with van der Waals surface area (Å²) in [5, 5.41) is 7.90. The third-order valence-corrected chi connectivity index (χ3v) is 8.16. The number of carbonyl (C=O) groups is 3. The fourth-order valence-corrected chi connectivity index (χ4v) is 6.00. The lowest BCUT2D eigenvalue weighted by Crippen LogP contribution is -2.72. The van der Waals surface area contributed by atoms with Crippen molar-refractivity contribution < 1.29 is 19.1 Å². The Morgan fingerprint density at radius 2 is 1.92 bits per heavy atom. The smallest absolute Gasteiger partial charge is 0.407 e. The number of nitrogens with one attached hydrogen (secondary N) is 2. The Bertz CT molecular complexity index is 1020. The molecule has 0 aliphatic carbocycles. The van der Waals surface area contributed by atoms with Gasteiger partial charge in [-0.1, -0.05) is 43.3 Å². The van der Waals surface area contributed by atoms with Gasteiger partial charge in [-0.05, 0) is 55.5 Å². The summed E-state index contributed by atoms with van der Waals surface area (Å²) in [4.78, 5) is 44.4. The summed E-state index contributed by atoms with van der Waals surface area (Å²) in [7, 11) is 0. The molecule has 1 aromatic heterocycles. The monoisotopic (exact) mass is 526 g/mol. The zero-order valence-electron chi connectivity index (χ0n) is 21.6. The molecule has 3 amide bonds. The Hall–Kier alpha value is -2.91. The van der Waals surface area contributed by atoms with Crippen molar-refractivity contribution in [3.63, 3.8) is 0 Å². The van der Waals surface area contributed by atoms with Gasteiger partial charge in [-0.3, -0.25) is 14.5 Å². The number of rotatable bonds is 11. The molecule has 2 aromatic rings. The largest absolute Gasteiger partial charge is 0.445 e. The highest BCUT2D eigenvalue weighted by Gasteiger charge is 2.53. The number of benzene rings is 1. The average Bonchev–Trinajstić information content (AvgIpc) is 3.43. The Morgan fingerprint density at radius 3 is 2.62 bits per heavy atom. The van der Waals surface area contributed by atoms with Crippen LogP contribution in [-0.2, 0) is 27.5 Å². The molecule has 2 fully saturated rings. The Balaban J connectivity index is 1.22. The van der Waals surface area contributed by atoms with Crippen LogP contribution in [0.1, 0.15) is 55.9 Å². The number of likely N-dealkylation sites (tertiary alicyclic amines) is 1. The molecule has 1 aromatic carbocycles. The van der Waals surface area contributed by atoms with Crippen LogP contribution in [0.25, 0.3) is 0 Å². The van der Waals surface area contributed by atoms with E-state index >= 15 is 0 Å². The van der Waals surface area contributed by atoms with Crippen LogP contribution in [0.4, 0.5) is 4.79 Å². The maximum absolute atomic E-state index is 13.5. The van der Waals surface area contributed by atoms with E-state index in [-0.39, 0.29) is 18.4 Å². The van der Waals surface area contributed by atoms with E-state index in [1.807, 2.05) is 35.2 Å². The van der Waals surface area contributed by atoms with Crippen LogP contribution in [0.5, 0.6) is 0 Å². The number of ether oxygens (including phenoxy) is 1. The minimum Gasteiger partial charge on any atom is -0.445 e. The average molecular weight is 527 g/mol. The van der Waals surface area contributed by atoms with Crippen LogP contribution in [0.15, 0.2) is 47.8 Å². The van der Waals surface area contributed by atoms with Crippen LogP contribution in [0, 0.1) is 0 Å². The molecule has 0 saturated carbocycles. The molecule has 2 aliphatic rings. The number of piperazine rings is 1. The van der Waals surface area contributed by atoms with Crippen molar-refractivity contribution in [1.82, 2.24) is 20.4 Å². The molecular weight excluding hydrogens is 488 g/mol. The van der Waals surface area contributed by atoms with Crippen LogP contribution >= 0.6 is 11.3 Å². The first kappa shape index (κ1) is 27.1. The summed E-state index contributed by atoms with van der Waals surface area (Å²) in [6.07, 6.45) is 3.68. The zero-order chi connectivity index (χ0) is 26.1. The van der Waals surface area contributed by atoms with Crippen molar-refractivity contribution in [2.75, 3.05) is 26.2 Å². The first-order valence-corrected chi connectivity index (χ1v) is 14.2. The standard InChI is InChI=1S/C28H38N4O4S/c1-2-16-32-25(33)24(12-6-7-15-29-27(35)36-21-22-9-4-3-5-10-22)30-26(34)28(32)13-17-31(18-14-28)20-23-11-8-19-37-23/h3-5,8-11,19,24H,2,6-7,12-18,20-21H2,1H3,(H,29,35)(H,30,34)/t24-/m0/s1. The summed E-state index contributed by atoms with van der Waals surface area (Å²) in [6.45, 7) is 5.85. The van der Waals surface area contributed by atoms with Crippen molar-refractivity contribution in [2.45, 2.75) is 70.2 Å². The fourth-order valence-electron chi connectivity index (χ4n) is 5.26. The highest BCUT2D eigenvalue weighted by Crippen LogP contribution is 2.34. The van der Waals surface area contributed by atoms with Gasteiger partial charge in [-0.25, -0.2) is 4.79 Å². The molecule has 200 valence electrons. The van der Waals surface area contributed by atoms with Gasteiger partial charge in [0.1, 0.15) is 18.2 Å². The van der Waals surface area contributed by atoms with Crippen molar-refractivity contribution in [1.29, 1.82) is 0 Å². The van der Waals surface area contributed by atoms with Gasteiger partial charge in [0.2, 0.25) is 11.8 Å². The second-order valence-corrected chi connectivity index (χ2v) is 10.9. The topological polar surface area (TPSA) is 91.0 Å². The van der Waals surface area contributed by atoms with Crippen LogP contribution < -0.4 is 10.6 Å². The second kappa shape index (κ2) is 13.1. The number of hydrogen-bond acceptors (Lipinski definition) is 6. The lowest BCUT2D eigenvalue weighted by Gasteiger charge is -2.51. The molecule has 0 bridgehead atoms. The number of carbonyl (C=O) groups excluding carboxylic acids is 3.